The zero-order chi connectivity index (χ0) is 29.6. The van der Waals surface area contributed by atoms with Crippen LogP contribution < -0.4 is 9.62 Å². The SMILES string of the molecule is Cc1cccc(N(CC(=O)N(Cc2cccc(Cl)c2)C(C)C(=O)NC2CCCCC2)S(=O)(=O)c2ccc(Cl)cc2)c1. The summed E-state index contributed by atoms with van der Waals surface area (Å²) >= 11 is 12.2. The summed E-state index contributed by atoms with van der Waals surface area (Å²) in [5, 5.41) is 4.00. The number of benzene rings is 3. The first-order valence-electron chi connectivity index (χ1n) is 13.7. The monoisotopic (exact) mass is 615 g/mol. The number of rotatable bonds is 10. The van der Waals surface area contributed by atoms with Gasteiger partial charge in [0.2, 0.25) is 11.8 Å². The minimum atomic E-state index is -4.16. The van der Waals surface area contributed by atoms with Crippen molar-refractivity contribution in [1.29, 1.82) is 0 Å². The van der Waals surface area contributed by atoms with Crippen molar-refractivity contribution in [1.82, 2.24) is 10.2 Å². The lowest BCUT2D eigenvalue weighted by Crippen LogP contribution is -2.53. The third-order valence-corrected chi connectivity index (χ3v) is 9.61. The zero-order valence-electron chi connectivity index (χ0n) is 23.2. The van der Waals surface area contributed by atoms with Gasteiger partial charge in [-0.15, -0.1) is 0 Å². The molecular formula is C31H35Cl2N3O4S. The van der Waals surface area contributed by atoms with Crippen LogP contribution in [0, 0.1) is 6.92 Å². The maximum Gasteiger partial charge on any atom is 0.264 e. The van der Waals surface area contributed by atoms with E-state index in [9.17, 15) is 18.0 Å². The molecule has 1 unspecified atom stereocenters. The van der Waals surface area contributed by atoms with Gasteiger partial charge < -0.3 is 10.2 Å². The summed E-state index contributed by atoms with van der Waals surface area (Å²) in [5.41, 5.74) is 1.91. The number of carbonyl (C=O) groups excluding carboxylic acids is 2. The molecule has 3 aromatic rings. The van der Waals surface area contributed by atoms with Gasteiger partial charge in [0.15, 0.2) is 0 Å². The summed E-state index contributed by atoms with van der Waals surface area (Å²) in [6, 6.07) is 19.0. The molecule has 0 saturated heterocycles. The maximum absolute atomic E-state index is 14.1. The van der Waals surface area contributed by atoms with Crippen LogP contribution in [-0.4, -0.2) is 43.8 Å². The molecule has 1 aliphatic rings. The normalized spacial score (nSPS) is 14.7. The second-order valence-electron chi connectivity index (χ2n) is 10.5. The van der Waals surface area contributed by atoms with E-state index in [4.69, 9.17) is 23.2 Å². The largest absolute Gasteiger partial charge is 0.352 e. The van der Waals surface area contributed by atoms with Crippen molar-refractivity contribution in [2.24, 2.45) is 0 Å². The second-order valence-corrected chi connectivity index (χ2v) is 13.2. The first kappa shape index (κ1) is 30.9. The van der Waals surface area contributed by atoms with Crippen LogP contribution in [0.1, 0.15) is 50.2 Å². The van der Waals surface area contributed by atoms with Crippen LogP contribution in [0.15, 0.2) is 77.7 Å². The molecule has 0 bridgehead atoms. The van der Waals surface area contributed by atoms with E-state index in [2.05, 4.69) is 5.32 Å². The number of hydrogen-bond acceptors (Lipinski definition) is 4. The summed E-state index contributed by atoms with van der Waals surface area (Å²) in [7, 11) is -4.16. The topological polar surface area (TPSA) is 86.8 Å². The number of nitrogens with one attached hydrogen (secondary N) is 1. The number of hydrogen-bond donors (Lipinski definition) is 1. The standard InChI is InChI=1S/C31H35Cl2N3O4S/c1-22-8-6-13-28(18-22)36(41(39,40)29-16-14-25(32)15-17-29)21-30(37)35(20-24-9-7-10-26(33)19-24)23(2)31(38)34-27-11-4-3-5-12-27/h6-10,13-19,23,27H,3-5,11-12,20-21H2,1-2H3,(H,34,38). The minimum Gasteiger partial charge on any atom is -0.352 e. The van der Waals surface area contributed by atoms with Gasteiger partial charge in [0.1, 0.15) is 12.6 Å². The van der Waals surface area contributed by atoms with E-state index in [0.717, 1.165) is 47.5 Å². The van der Waals surface area contributed by atoms with Gasteiger partial charge in [-0.25, -0.2) is 8.42 Å². The molecule has 10 heteroatoms. The molecule has 7 nitrogen and oxygen atoms in total. The molecule has 0 radical (unpaired) electrons. The molecule has 1 fully saturated rings. The van der Waals surface area contributed by atoms with E-state index in [-0.39, 0.29) is 23.4 Å². The van der Waals surface area contributed by atoms with E-state index in [0.29, 0.717) is 15.7 Å². The fourth-order valence-corrected chi connectivity index (χ4v) is 6.77. The zero-order valence-corrected chi connectivity index (χ0v) is 25.6. The summed E-state index contributed by atoms with van der Waals surface area (Å²) in [5.74, 6) is -0.787. The van der Waals surface area contributed by atoms with Gasteiger partial charge in [0.25, 0.3) is 10.0 Å². The Morgan fingerprint density at radius 2 is 1.61 bits per heavy atom. The fourth-order valence-electron chi connectivity index (χ4n) is 5.03. The molecule has 0 aromatic heterocycles. The molecule has 0 aliphatic heterocycles. The summed E-state index contributed by atoms with van der Waals surface area (Å²) in [6.45, 7) is 3.10. The fraction of sp³-hybridized carbons (Fsp3) is 0.355. The van der Waals surface area contributed by atoms with Gasteiger partial charge in [-0.2, -0.15) is 0 Å². The Bertz CT molecular complexity index is 1470. The number of halogens is 2. The molecule has 1 aliphatic carbocycles. The van der Waals surface area contributed by atoms with E-state index in [1.807, 2.05) is 19.1 Å². The Labute approximate surface area is 252 Å². The van der Waals surface area contributed by atoms with Crippen molar-refractivity contribution >= 4 is 50.7 Å². The van der Waals surface area contributed by atoms with Crippen LogP contribution in [0.2, 0.25) is 10.0 Å². The summed E-state index contributed by atoms with van der Waals surface area (Å²) in [6.07, 6.45) is 5.07. The highest BCUT2D eigenvalue weighted by Crippen LogP contribution is 2.27. The Morgan fingerprint density at radius 3 is 2.27 bits per heavy atom. The second kappa shape index (κ2) is 13.7. The predicted molar refractivity (Wildman–Crippen MR) is 164 cm³/mol. The molecule has 0 heterocycles. The van der Waals surface area contributed by atoms with Crippen LogP contribution in [0.5, 0.6) is 0 Å². The molecule has 1 atom stereocenters. The molecular weight excluding hydrogens is 581 g/mol. The Kier molecular flexibility index (Phi) is 10.3. The van der Waals surface area contributed by atoms with Crippen molar-refractivity contribution in [3.8, 4) is 0 Å². The third kappa shape index (κ3) is 8.03. The van der Waals surface area contributed by atoms with Crippen molar-refractivity contribution < 1.29 is 18.0 Å². The number of anilines is 1. The molecule has 2 amide bonds. The van der Waals surface area contributed by atoms with Crippen LogP contribution in [-0.2, 0) is 26.2 Å². The van der Waals surface area contributed by atoms with Gasteiger partial charge in [0.05, 0.1) is 10.6 Å². The van der Waals surface area contributed by atoms with Gasteiger partial charge in [-0.3, -0.25) is 13.9 Å². The molecule has 218 valence electrons. The van der Waals surface area contributed by atoms with Gasteiger partial charge in [-0.05, 0) is 86.3 Å². The minimum absolute atomic E-state index is 0.000636. The van der Waals surface area contributed by atoms with Crippen molar-refractivity contribution in [2.45, 2.75) is 69.5 Å². The first-order valence-corrected chi connectivity index (χ1v) is 15.9. The van der Waals surface area contributed by atoms with E-state index >= 15 is 0 Å². The highest BCUT2D eigenvalue weighted by molar-refractivity contribution is 7.92. The smallest absolute Gasteiger partial charge is 0.264 e. The van der Waals surface area contributed by atoms with Crippen LogP contribution >= 0.6 is 23.2 Å². The number of amides is 2. The summed E-state index contributed by atoms with van der Waals surface area (Å²) < 4.78 is 28.9. The van der Waals surface area contributed by atoms with Crippen molar-refractivity contribution in [3.05, 3.63) is 94.0 Å². The average molecular weight is 617 g/mol. The molecule has 1 saturated carbocycles. The highest BCUT2D eigenvalue weighted by Gasteiger charge is 2.33. The van der Waals surface area contributed by atoms with E-state index < -0.39 is 28.5 Å². The molecule has 41 heavy (non-hydrogen) atoms. The van der Waals surface area contributed by atoms with E-state index in [1.165, 1.54) is 29.2 Å². The van der Waals surface area contributed by atoms with E-state index in [1.54, 1.807) is 43.3 Å². The Hall–Kier alpha value is -3.07. The molecule has 0 spiro atoms. The average Bonchev–Trinajstić information content (AvgIpc) is 2.95. The number of carbonyl (C=O) groups is 2. The third-order valence-electron chi connectivity index (χ3n) is 7.33. The van der Waals surface area contributed by atoms with Gasteiger partial charge >= 0.3 is 0 Å². The summed E-state index contributed by atoms with van der Waals surface area (Å²) in [4.78, 5) is 28.9. The number of sulfonamides is 1. The lowest BCUT2D eigenvalue weighted by Gasteiger charge is -2.33. The van der Waals surface area contributed by atoms with Gasteiger partial charge in [-0.1, -0.05) is 66.7 Å². The number of aryl methyl sites for hydroxylation is 1. The lowest BCUT2D eigenvalue weighted by molar-refractivity contribution is -0.139. The van der Waals surface area contributed by atoms with Crippen LogP contribution in [0.25, 0.3) is 0 Å². The lowest BCUT2D eigenvalue weighted by atomic mass is 9.95. The van der Waals surface area contributed by atoms with Crippen LogP contribution in [0.4, 0.5) is 5.69 Å². The Morgan fingerprint density at radius 1 is 0.927 bits per heavy atom. The predicted octanol–water partition coefficient (Wildman–Crippen LogP) is 6.36. The van der Waals surface area contributed by atoms with Crippen molar-refractivity contribution in [2.75, 3.05) is 10.8 Å². The molecule has 3 aromatic carbocycles. The van der Waals surface area contributed by atoms with Gasteiger partial charge in [0, 0.05) is 22.6 Å². The Balaban J connectivity index is 1.68. The van der Waals surface area contributed by atoms with Crippen LogP contribution in [0.3, 0.4) is 0 Å². The molecule has 1 N–H and O–H groups in total. The highest BCUT2D eigenvalue weighted by atomic mass is 35.5. The number of nitrogens with zero attached hydrogens (tertiary/aromatic N) is 2. The maximum atomic E-state index is 14.1. The molecule has 4 rings (SSSR count). The first-order chi connectivity index (χ1) is 19.5. The quantitative estimate of drug-likeness (QED) is 0.287. The van der Waals surface area contributed by atoms with Crippen molar-refractivity contribution in [3.63, 3.8) is 0 Å².